The number of amides is 1. The monoisotopic (exact) mass is 416 g/mol. The van der Waals surface area contributed by atoms with Crippen LogP contribution >= 0.6 is 0 Å². The SMILES string of the molecule is CCOc1cc(C=NNC(=O)c2cc(OCC)c(OCC)c(OCC)c2)ccc1O. The average Bonchev–Trinajstić information content (AvgIpc) is 2.73. The zero-order valence-corrected chi connectivity index (χ0v) is 17.7. The highest BCUT2D eigenvalue weighted by atomic mass is 16.5. The number of phenolic OH excluding ortho intramolecular Hbond substituents is 1. The van der Waals surface area contributed by atoms with Gasteiger partial charge in [-0.1, -0.05) is 0 Å². The van der Waals surface area contributed by atoms with Crippen LogP contribution in [0.1, 0.15) is 43.6 Å². The Morgan fingerprint density at radius 1 is 0.900 bits per heavy atom. The molecule has 0 spiro atoms. The maximum absolute atomic E-state index is 12.6. The van der Waals surface area contributed by atoms with Crippen LogP contribution in [0.5, 0.6) is 28.7 Å². The van der Waals surface area contributed by atoms with E-state index in [9.17, 15) is 9.90 Å². The quantitative estimate of drug-likeness (QED) is 0.428. The normalized spacial score (nSPS) is 10.7. The molecule has 1 amide bonds. The van der Waals surface area contributed by atoms with Crippen molar-refractivity contribution in [1.82, 2.24) is 5.43 Å². The lowest BCUT2D eigenvalue weighted by Gasteiger charge is -2.16. The minimum Gasteiger partial charge on any atom is -0.504 e. The fourth-order valence-corrected chi connectivity index (χ4v) is 2.63. The number of hydrazone groups is 1. The summed E-state index contributed by atoms with van der Waals surface area (Å²) in [6.45, 7) is 9.07. The molecule has 30 heavy (non-hydrogen) atoms. The number of hydrogen-bond donors (Lipinski definition) is 2. The van der Waals surface area contributed by atoms with E-state index in [1.54, 1.807) is 24.3 Å². The summed E-state index contributed by atoms with van der Waals surface area (Å²) in [5.74, 6) is 1.29. The number of carbonyl (C=O) groups excluding carboxylic acids is 1. The lowest BCUT2D eigenvalue weighted by atomic mass is 10.1. The first-order valence-electron chi connectivity index (χ1n) is 9.89. The summed E-state index contributed by atoms with van der Waals surface area (Å²) in [6.07, 6.45) is 1.46. The molecule has 2 aromatic carbocycles. The van der Waals surface area contributed by atoms with Crippen LogP contribution in [-0.4, -0.2) is 43.7 Å². The number of hydrogen-bond acceptors (Lipinski definition) is 7. The van der Waals surface area contributed by atoms with Gasteiger partial charge in [-0.15, -0.1) is 0 Å². The van der Waals surface area contributed by atoms with E-state index in [0.29, 0.717) is 60.6 Å². The summed E-state index contributed by atoms with van der Waals surface area (Å²) in [6, 6.07) is 7.98. The van der Waals surface area contributed by atoms with Crippen molar-refractivity contribution in [2.24, 2.45) is 5.10 Å². The molecule has 0 aliphatic rings. The number of rotatable bonds is 11. The highest BCUT2D eigenvalue weighted by Gasteiger charge is 2.18. The van der Waals surface area contributed by atoms with E-state index in [-0.39, 0.29) is 5.75 Å². The fourth-order valence-electron chi connectivity index (χ4n) is 2.63. The molecular weight excluding hydrogens is 388 g/mol. The number of phenols is 1. The van der Waals surface area contributed by atoms with E-state index in [1.807, 2.05) is 27.7 Å². The topological polar surface area (TPSA) is 98.6 Å². The second-order valence-electron chi connectivity index (χ2n) is 5.96. The molecule has 8 heteroatoms. The molecule has 2 N–H and O–H groups in total. The molecule has 8 nitrogen and oxygen atoms in total. The van der Waals surface area contributed by atoms with Crippen LogP contribution in [-0.2, 0) is 0 Å². The van der Waals surface area contributed by atoms with Gasteiger partial charge in [0.05, 0.1) is 32.6 Å². The third-order valence-electron chi connectivity index (χ3n) is 3.83. The van der Waals surface area contributed by atoms with Gasteiger partial charge in [-0.3, -0.25) is 4.79 Å². The predicted octanol–water partition coefficient (Wildman–Crippen LogP) is 3.75. The van der Waals surface area contributed by atoms with Gasteiger partial charge in [0.1, 0.15) is 0 Å². The van der Waals surface area contributed by atoms with Crippen LogP contribution in [0, 0.1) is 0 Å². The molecule has 0 fully saturated rings. The second kappa shape index (κ2) is 11.5. The molecule has 0 heterocycles. The van der Waals surface area contributed by atoms with Crippen molar-refractivity contribution in [3.05, 3.63) is 41.5 Å². The number of carbonyl (C=O) groups is 1. The van der Waals surface area contributed by atoms with Crippen LogP contribution in [0.15, 0.2) is 35.4 Å². The number of nitrogens with one attached hydrogen (secondary N) is 1. The zero-order chi connectivity index (χ0) is 21.9. The summed E-state index contributed by atoms with van der Waals surface area (Å²) in [5, 5.41) is 13.7. The first kappa shape index (κ1) is 22.9. The third-order valence-corrected chi connectivity index (χ3v) is 3.83. The standard InChI is InChI=1S/C22H28N2O6/c1-5-27-18-11-15(9-10-17(18)25)14-23-24-22(26)16-12-19(28-6-2)21(30-8-4)20(13-16)29-7-3/h9-14,25H,5-8H2,1-4H3,(H,24,26). The van der Waals surface area contributed by atoms with Gasteiger partial charge in [0.15, 0.2) is 23.0 Å². The zero-order valence-electron chi connectivity index (χ0n) is 17.7. The Bertz CT molecular complexity index is 855. The van der Waals surface area contributed by atoms with Crippen molar-refractivity contribution in [1.29, 1.82) is 0 Å². The molecule has 0 aliphatic heterocycles. The molecule has 162 valence electrons. The third kappa shape index (κ3) is 6.04. The summed E-state index contributed by atoms with van der Waals surface area (Å²) in [7, 11) is 0. The number of nitrogens with zero attached hydrogens (tertiary/aromatic N) is 1. The van der Waals surface area contributed by atoms with E-state index >= 15 is 0 Å². The van der Waals surface area contributed by atoms with Gasteiger partial charge >= 0.3 is 0 Å². The van der Waals surface area contributed by atoms with Gasteiger partial charge < -0.3 is 24.1 Å². The van der Waals surface area contributed by atoms with Gasteiger partial charge in [0.25, 0.3) is 5.91 Å². The second-order valence-corrected chi connectivity index (χ2v) is 5.96. The largest absolute Gasteiger partial charge is 0.504 e. The summed E-state index contributed by atoms with van der Waals surface area (Å²) in [4.78, 5) is 12.6. The number of ether oxygens (including phenoxy) is 4. The van der Waals surface area contributed by atoms with E-state index in [4.69, 9.17) is 18.9 Å². The Morgan fingerprint density at radius 2 is 1.47 bits per heavy atom. The van der Waals surface area contributed by atoms with Crippen molar-refractivity contribution in [3.8, 4) is 28.7 Å². The lowest BCUT2D eigenvalue weighted by Crippen LogP contribution is -2.18. The van der Waals surface area contributed by atoms with Crippen molar-refractivity contribution in [3.63, 3.8) is 0 Å². The van der Waals surface area contributed by atoms with Gasteiger partial charge in [-0.25, -0.2) is 5.43 Å². The summed E-state index contributed by atoms with van der Waals surface area (Å²) in [5.41, 5.74) is 3.46. The smallest absolute Gasteiger partial charge is 0.271 e. The Kier molecular flexibility index (Phi) is 8.80. The predicted molar refractivity (Wildman–Crippen MR) is 114 cm³/mol. The first-order chi connectivity index (χ1) is 14.5. The number of benzene rings is 2. The fraction of sp³-hybridized carbons (Fsp3) is 0.364. The maximum Gasteiger partial charge on any atom is 0.271 e. The Morgan fingerprint density at radius 3 is 2.03 bits per heavy atom. The van der Waals surface area contributed by atoms with Gasteiger partial charge in [-0.2, -0.15) is 5.10 Å². The molecule has 0 radical (unpaired) electrons. The van der Waals surface area contributed by atoms with E-state index < -0.39 is 5.91 Å². The van der Waals surface area contributed by atoms with Crippen LogP contribution in [0.25, 0.3) is 0 Å². The lowest BCUT2D eigenvalue weighted by molar-refractivity contribution is 0.0954. The highest BCUT2D eigenvalue weighted by molar-refractivity contribution is 5.96. The van der Waals surface area contributed by atoms with Crippen molar-refractivity contribution in [2.45, 2.75) is 27.7 Å². The van der Waals surface area contributed by atoms with Gasteiger partial charge in [-0.05, 0) is 63.6 Å². The first-order valence-corrected chi connectivity index (χ1v) is 9.89. The Hall–Kier alpha value is -3.42. The molecular formula is C22H28N2O6. The van der Waals surface area contributed by atoms with Crippen LogP contribution in [0.3, 0.4) is 0 Å². The van der Waals surface area contributed by atoms with E-state index in [0.717, 1.165) is 0 Å². The van der Waals surface area contributed by atoms with Crippen LogP contribution in [0.4, 0.5) is 0 Å². The van der Waals surface area contributed by atoms with E-state index in [1.165, 1.54) is 12.3 Å². The van der Waals surface area contributed by atoms with Crippen LogP contribution in [0.2, 0.25) is 0 Å². The van der Waals surface area contributed by atoms with Crippen molar-refractivity contribution < 1.29 is 28.8 Å². The van der Waals surface area contributed by atoms with Gasteiger partial charge in [0.2, 0.25) is 5.75 Å². The van der Waals surface area contributed by atoms with Crippen LogP contribution < -0.4 is 24.4 Å². The minimum absolute atomic E-state index is 0.0410. The molecule has 0 saturated heterocycles. The summed E-state index contributed by atoms with van der Waals surface area (Å²) < 4.78 is 22.2. The highest BCUT2D eigenvalue weighted by Crippen LogP contribution is 2.39. The summed E-state index contributed by atoms with van der Waals surface area (Å²) >= 11 is 0. The molecule has 2 aromatic rings. The molecule has 0 saturated carbocycles. The molecule has 0 aliphatic carbocycles. The Labute approximate surface area is 176 Å². The minimum atomic E-state index is -0.431. The molecule has 0 unspecified atom stereocenters. The van der Waals surface area contributed by atoms with E-state index in [2.05, 4.69) is 10.5 Å². The molecule has 0 aromatic heterocycles. The average molecular weight is 416 g/mol. The van der Waals surface area contributed by atoms with Gasteiger partial charge in [0, 0.05) is 5.56 Å². The van der Waals surface area contributed by atoms with Crippen molar-refractivity contribution in [2.75, 3.05) is 26.4 Å². The number of aromatic hydroxyl groups is 1. The molecule has 2 rings (SSSR count). The Balaban J connectivity index is 2.21. The molecule has 0 bridgehead atoms. The van der Waals surface area contributed by atoms with Crippen molar-refractivity contribution >= 4 is 12.1 Å². The maximum atomic E-state index is 12.6. The molecule has 0 atom stereocenters.